The van der Waals surface area contributed by atoms with E-state index in [4.69, 9.17) is 14.1 Å². The maximum atomic E-state index is 12.4. The monoisotopic (exact) mass is 394 g/mol. The highest BCUT2D eigenvalue weighted by molar-refractivity contribution is 6.05. The Bertz CT molecular complexity index is 1350. The van der Waals surface area contributed by atoms with Crippen LogP contribution in [-0.2, 0) is 0 Å². The molecule has 5 nitrogen and oxygen atoms in total. The van der Waals surface area contributed by atoms with Gasteiger partial charge in [-0.25, -0.2) is 4.98 Å². The molecular weight excluding hydrogens is 376 g/mol. The smallest absolute Gasteiger partial charge is 0.255 e. The van der Waals surface area contributed by atoms with Gasteiger partial charge in [0.25, 0.3) is 5.91 Å². The number of aromatic nitrogens is 1. The number of hydrogen-bond acceptors (Lipinski definition) is 4. The molecule has 1 N–H and O–H groups in total. The van der Waals surface area contributed by atoms with Gasteiger partial charge in [-0.15, -0.1) is 0 Å². The summed E-state index contributed by atoms with van der Waals surface area (Å²) in [6.07, 6.45) is 0. The first-order valence-electron chi connectivity index (χ1n) is 9.55. The van der Waals surface area contributed by atoms with E-state index in [0.29, 0.717) is 22.9 Å². The molecule has 0 atom stereocenters. The summed E-state index contributed by atoms with van der Waals surface area (Å²) in [5.74, 6) is 1.08. The number of anilines is 1. The first kappa shape index (κ1) is 17.9. The molecule has 1 heterocycles. The molecule has 5 heteroatoms. The highest BCUT2D eigenvalue weighted by Gasteiger charge is 2.12. The molecule has 0 aliphatic rings. The van der Waals surface area contributed by atoms with Gasteiger partial charge in [-0.1, -0.05) is 30.3 Å². The summed E-state index contributed by atoms with van der Waals surface area (Å²) < 4.78 is 11.1. The van der Waals surface area contributed by atoms with Gasteiger partial charge in [0.15, 0.2) is 5.58 Å². The summed E-state index contributed by atoms with van der Waals surface area (Å²) in [7, 11) is 1.59. The van der Waals surface area contributed by atoms with Crippen LogP contribution in [0.5, 0.6) is 5.75 Å². The topological polar surface area (TPSA) is 64.4 Å². The third-order valence-corrected chi connectivity index (χ3v) is 5.03. The second-order valence-electron chi connectivity index (χ2n) is 6.91. The zero-order valence-electron chi connectivity index (χ0n) is 16.3. The first-order valence-corrected chi connectivity index (χ1v) is 9.55. The molecule has 0 saturated carbocycles. The third kappa shape index (κ3) is 3.26. The fraction of sp³-hybridized carbons (Fsp3) is 0.0400. The fourth-order valence-electron chi connectivity index (χ4n) is 3.43. The molecule has 0 radical (unpaired) electrons. The average molecular weight is 394 g/mol. The molecule has 1 amide bonds. The molecule has 1 aromatic heterocycles. The van der Waals surface area contributed by atoms with Crippen LogP contribution in [0.4, 0.5) is 5.69 Å². The van der Waals surface area contributed by atoms with Gasteiger partial charge < -0.3 is 14.5 Å². The van der Waals surface area contributed by atoms with Crippen molar-refractivity contribution in [3.8, 4) is 17.2 Å². The van der Waals surface area contributed by atoms with Gasteiger partial charge in [-0.3, -0.25) is 4.79 Å². The summed E-state index contributed by atoms with van der Waals surface area (Å²) in [5.41, 5.74) is 3.70. The fourth-order valence-corrected chi connectivity index (χ4v) is 3.43. The molecule has 4 aromatic carbocycles. The predicted molar refractivity (Wildman–Crippen MR) is 118 cm³/mol. The van der Waals surface area contributed by atoms with Crippen molar-refractivity contribution in [3.63, 3.8) is 0 Å². The van der Waals surface area contributed by atoms with E-state index in [1.54, 1.807) is 31.4 Å². The Labute approximate surface area is 172 Å². The van der Waals surface area contributed by atoms with Crippen LogP contribution in [0.25, 0.3) is 33.3 Å². The number of nitrogens with zero attached hydrogens (tertiary/aromatic N) is 1. The lowest BCUT2D eigenvalue weighted by atomic mass is 10.1. The van der Waals surface area contributed by atoms with Gasteiger partial charge >= 0.3 is 0 Å². The maximum Gasteiger partial charge on any atom is 0.255 e. The number of hydrogen-bond donors (Lipinski definition) is 1. The van der Waals surface area contributed by atoms with E-state index < -0.39 is 0 Å². The zero-order valence-corrected chi connectivity index (χ0v) is 16.3. The zero-order chi connectivity index (χ0) is 20.5. The van der Waals surface area contributed by atoms with E-state index in [2.05, 4.69) is 11.4 Å². The third-order valence-electron chi connectivity index (χ3n) is 5.03. The van der Waals surface area contributed by atoms with E-state index in [-0.39, 0.29) is 5.91 Å². The second-order valence-corrected chi connectivity index (χ2v) is 6.91. The number of carbonyl (C=O) groups excluding carboxylic acids is 1. The van der Waals surface area contributed by atoms with E-state index in [9.17, 15) is 4.79 Å². The van der Waals surface area contributed by atoms with Crippen LogP contribution in [0.3, 0.4) is 0 Å². The lowest BCUT2D eigenvalue weighted by molar-refractivity contribution is 0.102. The van der Waals surface area contributed by atoms with Crippen LogP contribution in [0.1, 0.15) is 10.4 Å². The number of carbonyl (C=O) groups is 1. The van der Waals surface area contributed by atoms with Crippen LogP contribution in [-0.4, -0.2) is 18.0 Å². The lowest BCUT2D eigenvalue weighted by Crippen LogP contribution is -2.11. The van der Waals surface area contributed by atoms with Crippen molar-refractivity contribution < 1.29 is 13.9 Å². The Balaban J connectivity index is 1.39. The Morgan fingerprint density at radius 2 is 1.67 bits per heavy atom. The van der Waals surface area contributed by atoms with Crippen molar-refractivity contribution in [2.75, 3.05) is 12.4 Å². The summed E-state index contributed by atoms with van der Waals surface area (Å²) in [5, 5.41) is 5.08. The van der Waals surface area contributed by atoms with Crippen molar-refractivity contribution in [2.45, 2.75) is 0 Å². The highest BCUT2D eigenvalue weighted by atomic mass is 16.5. The molecule has 0 saturated heterocycles. The highest BCUT2D eigenvalue weighted by Crippen LogP contribution is 2.30. The average Bonchev–Trinajstić information content (AvgIpc) is 3.24. The normalized spacial score (nSPS) is 11.0. The summed E-state index contributed by atoms with van der Waals surface area (Å²) in [6.45, 7) is 0. The van der Waals surface area contributed by atoms with Crippen LogP contribution in [0.15, 0.2) is 89.3 Å². The molecule has 0 fully saturated rings. The molecule has 5 aromatic rings. The predicted octanol–water partition coefficient (Wildman–Crippen LogP) is 5.91. The van der Waals surface area contributed by atoms with Crippen molar-refractivity contribution in [1.82, 2.24) is 4.98 Å². The quantitative estimate of drug-likeness (QED) is 0.412. The van der Waals surface area contributed by atoms with Gasteiger partial charge in [-0.2, -0.15) is 0 Å². The Hall–Kier alpha value is -4.12. The van der Waals surface area contributed by atoms with Gasteiger partial charge in [-0.05, 0) is 60.0 Å². The van der Waals surface area contributed by atoms with Crippen molar-refractivity contribution in [3.05, 3.63) is 90.5 Å². The SMILES string of the molecule is COc1ccc(C(=O)Nc2ccc(-c3nc4c(ccc5ccccc54)o3)cc2)cc1. The van der Waals surface area contributed by atoms with E-state index in [1.807, 2.05) is 54.6 Å². The van der Waals surface area contributed by atoms with Crippen molar-refractivity contribution in [2.24, 2.45) is 0 Å². The van der Waals surface area contributed by atoms with E-state index in [1.165, 1.54) is 0 Å². The first-order chi connectivity index (χ1) is 14.7. The number of nitrogens with one attached hydrogen (secondary N) is 1. The van der Waals surface area contributed by atoms with Crippen LogP contribution in [0, 0.1) is 0 Å². The summed E-state index contributed by atoms with van der Waals surface area (Å²) in [4.78, 5) is 17.1. The Morgan fingerprint density at radius 1 is 0.900 bits per heavy atom. The largest absolute Gasteiger partial charge is 0.497 e. The van der Waals surface area contributed by atoms with Gasteiger partial charge in [0.05, 0.1) is 7.11 Å². The minimum atomic E-state index is -0.182. The lowest BCUT2D eigenvalue weighted by Gasteiger charge is -2.06. The van der Waals surface area contributed by atoms with Gasteiger partial charge in [0.2, 0.25) is 5.89 Å². The molecule has 0 aliphatic heterocycles. The Kier molecular flexibility index (Phi) is 4.41. The van der Waals surface area contributed by atoms with Crippen LogP contribution >= 0.6 is 0 Å². The molecule has 146 valence electrons. The number of fused-ring (bicyclic) bond motifs is 3. The molecule has 0 aliphatic carbocycles. The van der Waals surface area contributed by atoms with E-state index >= 15 is 0 Å². The molecule has 0 bridgehead atoms. The number of benzene rings is 4. The van der Waals surface area contributed by atoms with Crippen molar-refractivity contribution >= 4 is 33.5 Å². The van der Waals surface area contributed by atoms with Crippen molar-refractivity contribution in [1.29, 1.82) is 0 Å². The summed E-state index contributed by atoms with van der Waals surface area (Å²) >= 11 is 0. The molecule has 0 spiro atoms. The molecule has 30 heavy (non-hydrogen) atoms. The second kappa shape index (κ2) is 7.37. The number of methoxy groups -OCH3 is 1. The van der Waals surface area contributed by atoms with Crippen LogP contribution < -0.4 is 10.1 Å². The van der Waals surface area contributed by atoms with E-state index in [0.717, 1.165) is 27.4 Å². The molecule has 0 unspecified atom stereocenters. The maximum absolute atomic E-state index is 12.4. The Morgan fingerprint density at radius 3 is 2.43 bits per heavy atom. The number of ether oxygens (including phenoxy) is 1. The number of amides is 1. The summed E-state index contributed by atoms with van der Waals surface area (Å²) in [6, 6.07) is 26.5. The number of rotatable bonds is 4. The standard InChI is InChI=1S/C25H18N2O3/c1-29-20-13-8-17(9-14-20)24(28)26-19-11-6-18(7-12-19)25-27-23-21-5-3-2-4-16(21)10-15-22(23)30-25/h2-15H,1H3,(H,26,28). The molecular formula is C25H18N2O3. The van der Waals surface area contributed by atoms with Gasteiger partial charge in [0.1, 0.15) is 11.3 Å². The van der Waals surface area contributed by atoms with Gasteiger partial charge in [0, 0.05) is 22.2 Å². The number of oxazole rings is 1. The molecule has 5 rings (SSSR count). The minimum Gasteiger partial charge on any atom is -0.497 e. The van der Waals surface area contributed by atoms with Crippen LogP contribution in [0.2, 0.25) is 0 Å². The minimum absolute atomic E-state index is 0.182.